The van der Waals surface area contributed by atoms with E-state index in [-0.39, 0.29) is 28.8 Å². The Labute approximate surface area is 201 Å². The zero-order valence-electron chi connectivity index (χ0n) is 18.5. The van der Waals surface area contributed by atoms with E-state index in [1.54, 1.807) is 6.20 Å². The van der Waals surface area contributed by atoms with Crippen LogP contribution in [0.4, 0.5) is 11.5 Å². The molecule has 0 radical (unpaired) electrons. The molecule has 1 aromatic heterocycles. The molecule has 2 heterocycles. The number of nitro groups is 1. The fraction of sp³-hybridized carbons (Fsp3) is 0.217. The van der Waals surface area contributed by atoms with Gasteiger partial charge in [-0.3, -0.25) is 14.9 Å². The Bertz CT molecular complexity index is 1310. The van der Waals surface area contributed by atoms with Gasteiger partial charge in [0.05, 0.1) is 18.1 Å². The molecule has 0 aliphatic carbocycles. The molecule has 12 heteroatoms. The Hall–Kier alpha value is -4.03. The SMILES string of the molecule is O=C(NCc1ccc(N2CCOCC2)nc1)c1ccc(OS(=O)(=O)c2cccc([N+](=O)[O-])c2)cc1. The van der Waals surface area contributed by atoms with Gasteiger partial charge in [0.2, 0.25) is 0 Å². The second kappa shape index (κ2) is 10.5. The molecule has 4 rings (SSSR count). The third-order valence-electron chi connectivity index (χ3n) is 5.24. The van der Waals surface area contributed by atoms with Gasteiger partial charge in [0, 0.05) is 43.5 Å². The summed E-state index contributed by atoms with van der Waals surface area (Å²) in [6.07, 6.45) is 1.71. The van der Waals surface area contributed by atoms with E-state index in [0.717, 1.165) is 30.5 Å². The van der Waals surface area contributed by atoms with Gasteiger partial charge in [-0.15, -0.1) is 0 Å². The van der Waals surface area contributed by atoms with Crippen LogP contribution in [0.3, 0.4) is 0 Å². The van der Waals surface area contributed by atoms with E-state index in [2.05, 4.69) is 15.2 Å². The number of amides is 1. The quantitative estimate of drug-likeness (QED) is 0.282. The van der Waals surface area contributed by atoms with Crippen LogP contribution in [0, 0.1) is 10.1 Å². The fourth-order valence-corrected chi connectivity index (χ4v) is 4.35. The van der Waals surface area contributed by atoms with Crippen molar-refractivity contribution in [3.8, 4) is 5.75 Å². The van der Waals surface area contributed by atoms with Gasteiger partial charge in [-0.25, -0.2) is 4.98 Å². The lowest BCUT2D eigenvalue weighted by Crippen LogP contribution is -2.36. The molecule has 1 aliphatic heterocycles. The van der Waals surface area contributed by atoms with Gasteiger partial charge in [0.25, 0.3) is 11.6 Å². The van der Waals surface area contributed by atoms with Crippen molar-refractivity contribution in [3.05, 3.63) is 88.1 Å². The molecule has 0 atom stereocenters. The van der Waals surface area contributed by atoms with Crippen molar-refractivity contribution in [3.63, 3.8) is 0 Å². The predicted molar refractivity (Wildman–Crippen MR) is 126 cm³/mol. The first kappa shape index (κ1) is 24.1. The highest BCUT2D eigenvalue weighted by Gasteiger charge is 2.20. The molecule has 1 aliphatic rings. The maximum Gasteiger partial charge on any atom is 0.339 e. The van der Waals surface area contributed by atoms with Crippen LogP contribution in [0.2, 0.25) is 0 Å². The van der Waals surface area contributed by atoms with Crippen molar-refractivity contribution in [2.75, 3.05) is 31.2 Å². The van der Waals surface area contributed by atoms with Crippen molar-refractivity contribution in [2.24, 2.45) is 0 Å². The summed E-state index contributed by atoms with van der Waals surface area (Å²) in [5.74, 6) is 0.477. The van der Waals surface area contributed by atoms with Gasteiger partial charge < -0.3 is 19.1 Å². The highest BCUT2D eigenvalue weighted by Crippen LogP contribution is 2.22. The minimum absolute atomic E-state index is 0.0315. The molecule has 1 amide bonds. The largest absolute Gasteiger partial charge is 0.379 e. The molecule has 1 fully saturated rings. The fourth-order valence-electron chi connectivity index (χ4n) is 3.37. The van der Waals surface area contributed by atoms with E-state index in [4.69, 9.17) is 8.92 Å². The zero-order chi connectivity index (χ0) is 24.8. The smallest absolute Gasteiger partial charge is 0.339 e. The van der Waals surface area contributed by atoms with E-state index in [0.29, 0.717) is 18.8 Å². The van der Waals surface area contributed by atoms with Gasteiger partial charge in [-0.2, -0.15) is 8.42 Å². The van der Waals surface area contributed by atoms with Crippen molar-refractivity contribution in [1.29, 1.82) is 0 Å². The highest BCUT2D eigenvalue weighted by atomic mass is 32.2. The zero-order valence-corrected chi connectivity index (χ0v) is 19.3. The number of benzene rings is 2. The average Bonchev–Trinajstić information content (AvgIpc) is 2.88. The standard InChI is InChI=1S/C23H22N4O7S/c28-23(25-16-17-4-9-22(24-15-17)26-10-12-33-13-11-26)18-5-7-20(8-6-18)34-35(31,32)21-3-1-2-19(14-21)27(29)30/h1-9,14-15H,10-13,16H2,(H,25,28). The van der Waals surface area contributed by atoms with Crippen molar-refractivity contribution < 1.29 is 27.1 Å². The molecule has 0 spiro atoms. The van der Waals surface area contributed by atoms with Crippen LogP contribution >= 0.6 is 0 Å². The van der Waals surface area contributed by atoms with Crippen LogP contribution in [0.5, 0.6) is 5.75 Å². The number of nitrogens with one attached hydrogen (secondary N) is 1. The van der Waals surface area contributed by atoms with Crippen molar-refractivity contribution in [2.45, 2.75) is 11.4 Å². The molecular formula is C23H22N4O7S. The van der Waals surface area contributed by atoms with Crippen LogP contribution in [-0.4, -0.2) is 50.5 Å². The number of non-ortho nitro benzene ring substituents is 1. The maximum atomic E-state index is 12.5. The van der Waals surface area contributed by atoms with Crippen LogP contribution < -0.4 is 14.4 Å². The van der Waals surface area contributed by atoms with E-state index >= 15 is 0 Å². The number of pyridine rings is 1. The lowest BCUT2D eigenvalue weighted by molar-refractivity contribution is -0.385. The third kappa shape index (κ3) is 6.11. The molecule has 0 unspecified atom stereocenters. The number of morpholine rings is 1. The summed E-state index contributed by atoms with van der Waals surface area (Å²) in [5, 5.41) is 13.7. The van der Waals surface area contributed by atoms with Gasteiger partial charge in [0.1, 0.15) is 16.5 Å². The molecule has 3 aromatic rings. The number of carbonyl (C=O) groups excluding carboxylic acids is 1. The lowest BCUT2D eigenvalue weighted by atomic mass is 10.2. The monoisotopic (exact) mass is 498 g/mol. The number of nitrogens with zero attached hydrogens (tertiary/aromatic N) is 3. The Balaban J connectivity index is 1.34. The number of hydrogen-bond acceptors (Lipinski definition) is 9. The van der Waals surface area contributed by atoms with Gasteiger partial charge in [-0.05, 0) is 42.0 Å². The number of ether oxygens (including phenoxy) is 1. The number of carbonyl (C=O) groups is 1. The van der Waals surface area contributed by atoms with E-state index in [1.807, 2.05) is 12.1 Å². The van der Waals surface area contributed by atoms with Crippen molar-refractivity contribution in [1.82, 2.24) is 10.3 Å². The highest BCUT2D eigenvalue weighted by molar-refractivity contribution is 7.87. The van der Waals surface area contributed by atoms with E-state index in [9.17, 15) is 23.3 Å². The number of anilines is 1. The third-order valence-corrected chi connectivity index (χ3v) is 6.48. The number of nitro benzene ring substituents is 1. The molecule has 182 valence electrons. The molecule has 1 N–H and O–H groups in total. The second-order valence-corrected chi connectivity index (χ2v) is 9.17. The summed E-state index contributed by atoms with van der Waals surface area (Å²) in [6.45, 7) is 3.19. The topological polar surface area (TPSA) is 141 Å². The molecule has 2 aromatic carbocycles. The molecule has 0 saturated carbocycles. The normalized spacial score (nSPS) is 13.8. The van der Waals surface area contributed by atoms with E-state index in [1.165, 1.54) is 42.5 Å². The minimum Gasteiger partial charge on any atom is -0.379 e. The molecule has 1 saturated heterocycles. The summed E-state index contributed by atoms with van der Waals surface area (Å²) in [4.78, 5) is 28.9. The van der Waals surface area contributed by atoms with Gasteiger partial charge in [-0.1, -0.05) is 12.1 Å². The van der Waals surface area contributed by atoms with Crippen LogP contribution in [0.25, 0.3) is 0 Å². The maximum absolute atomic E-state index is 12.5. The summed E-state index contributed by atoms with van der Waals surface area (Å²) in [5.41, 5.74) is 0.772. The Morgan fingerprint density at radius 1 is 1.11 bits per heavy atom. The average molecular weight is 499 g/mol. The van der Waals surface area contributed by atoms with Crippen LogP contribution in [0.1, 0.15) is 15.9 Å². The van der Waals surface area contributed by atoms with Gasteiger partial charge >= 0.3 is 10.1 Å². The molecular weight excluding hydrogens is 476 g/mol. The van der Waals surface area contributed by atoms with Crippen LogP contribution in [-0.2, 0) is 21.4 Å². The predicted octanol–water partition coefficient (Wildman–Crippen LogP) is 2.52. The molecule has 35 heavy (non-hydrogen) atoms. The summed E-state index contributed by atoms with van der Waals surface area (Å²) in [6, 6.07) is 13.9. The lowest BCUT2D eigenvalue weighted by Gasteiger charge is -2.27. The number of aromatic nitrogens is 1. The number of rotatable bonds is 8. The minimum atomic E-state index is -4.28. The summed E-state index contributed by atoms with van der Waals surface area (Å²) in [7, 11) is -4.28. The Morgan fingerprint density at radius 2 is 1.86 bits per heavy atom. The summed E-state index contributed by atoms with van der Waals surface area (Å²) >= 11 is 0. The Morgan fingerprint density at radius 3 is 2.51 bits per heavy atom. The number of hydrogen-bond donors (Lipinski definition) is 1. The van der Waals surface area contributed by atoms with Crippen molar-refractivity contribution >= 4 is 27.5 Å². The van der Waals surface area contributed by atoms with E-state index < -0.39 is 15.0 Å². The Kier molecular flexibility index (Phi) is 7.22. The van der Waals surface area contributed by atoms with Crippen LogP contribution in [0.15, 0.2) is 71.8 Å². The first-order valence-corrected chi connectivity index (χ1v) is 12.1. The summed E-state index contributed by atoms with van der Waals surface area (Å²) < 4.78 is 35.3. The first-order valence-electron chi connectivity index (χ1n) is 10.7. The van der Waals surface area contributed by atoms with Gasteiger partial charge in [0.15, 0.2) is 0 Å². The second-order valence-electron chi connectivity index (χ2n) is 7.62. The molecule has 11 nitrogen and oxygen atoms in total. The molecule has 0 bridgehead atoms. The first-order chi connectivity index (χ1) is 16.8.